The number of halogens is 2. The van der Waals surface area contributed by atoms with Crippen LogP contribution in [-0.4, -0.2) is 33.0 Å². The summed E-state index contributed by atoms with van der Waals surface area (Å²) in [5, 5.41) is 10.6. The Balaban J connectivity index is 1.89. The topological polar surface area (TPSA) is 82.1 Å². The molecule has 0 amide bonds. The van der Waals surface area contributed by atoms with Gasteiger partial charge in [0, 0.05) is 34.3 Å². The fourth-order valence-corrected chi connectivity index (χ4v) is 4.99. The number of aliphatic hydroxyl groups excluding tert-OH is 1. The van der Waals surface area contributed by atoms with E-state index in [1.807, 2.05) is 0 Å². The summed E-state index contributed by atoms with van der Waals surface area (Å²) in [7, 11) is -3.61. The van der Waals surface area contributed by atoms with Gasteiger partial charge in [0.2, 0.25) is 0 Å². The number of hydrogen-bond acceptors (Lipinski definition) is 6. The zero-order valence-electron chi connectivity index (χ0n) is 14.2. The third-order valence-corrected chi connectivity index (χ3v) is 6.16. The molecular weight excluding hydrogens is 443 g/mol. The molecule has 0 aromatic heterocycles. The molecule has 1 aliphatic carbocycles. The first-order valence-corrected chi connectivity index (χ1v) is 10.9. The quantitative estimate of drug-likeness (QED) is 0.758. The summed E-state index contributed by atoms with van der Waals surface area (Å²) < 4.78 is 56.0. The number of rotatable bonds is 3. The van der Waals surface area contributed by atoms with Gasteiger partial charge in [-0.2, -0.15) is 0 Å². The van der Waals surface area contributed by atoms with Gasteiger partial charge in [-0.25, -0.2) is 12.8 Å². The second-order valence-electron chi connectivity index (χ2n) is 6.50. The van der Waals surface area contributed by atoms with Crippen LogP contribution >= 0.6 is 15.9 Å². The van der Waals surface area contributed by atoms with Crippen LogP contribution in [0.2, 0.25) is 0 Å². The van der Waals surface area contributed by atoms with Crippen molar-refractivity contribution in [2.75, 3.05) is 19.5 Å². The summed E-state index contributed by atoms with van der Waals surface area (Å²) in [6, 6.07) is 6.89. The number of ether oxygens (including phenoxy) is 3. The molecule has 9 heteroatoms. The van der Waals surface area contributed by atoms with E-state index in [2.05, 4.69) is 15.9 Å². The molecule has 27 heavy (non-hydrogen) atoms. The minimum atomic E-state index is -3.61. The van der Waals surface area contributed by atoms with Crippen LogP contribution in [0.15, 0.2) is 39.7 Å². The average Bonchev–Trinajstić information content (AvgIpc) is 3.12. The van der Waals surface area contributed by atoms with Crippen LogP contribution < -0.4 is 4.74 Å². The van der Waals surface area contributed by atoms with Crippen molar-refractivity contribution in [3.8, 4) is 11.5 Å². The van der Waals surface area contributed by atoms with Crippen LogP contribution in [0.25, 0.3) is 0 Å². The normalized spacial score (nSPS) is 20.8. The van der Waals surface area contributed by atoms with Crippen molar-refractivity contribution in [1.29, 1.82) is 0 Å². The first-order chi connectivity index (χ1) is 12.7. The summed E-state index contributed by atoms with van der Waals surface area (Å²) in [6.45, 7) is 0.578. The predicted molar refractivity (Wildman–Crippen MR) is 96.9 cm³/mol. The molecule has 0 saturated carbocycles. The minimum Gasteiger partial charge on any atom is -0.457 e. The molecule has 0 radical (unpaired) electrons. The maximum atomic E-state index is 13.7. The molecule has 1 atom stereocenters. The van der Waals surface area contributed by atoms with Crippen LogP contribution in [0.3, 0.4) is 0 Å². The Morgan fingerprint density at radius 1 is 1.26 bits per heavy atom. The van der Waals surface area contributed by atoms with Crippen molar-refractivity contribution in [3.05, 3.63) is 51.7 Å². The van der Waals surface area contributed by atoms with Gasteiger partial charge in [0.1, 0.15) is 17.3 Å². The molecule has 1 aliphatic heterocycles. The zero-order valence-corrected chi connectivity index (χ0v) is 16.6. The van der Waals surface area contributed by atoms with Crippen LogP contribution in [0.4, 0.5) is 4.39 Å². The number of sulfone groups is 1. The first kappa shape index (κ1) is 18.8. The van der Waals surface area contributed by atoms with Crippen molar-refractivity contribution >= 4 is 25.8 Å². The average molecular weight is 459 g/mol. The molecule has 2 aromatic rings. The van der Waals surface area contributed by atoms with E-state index >= 15 is 0 Å². The number of aliphatic hydroxyl groups is 1. The highest BCUT2D eigenvalue weighted by molar-refractivity contribution is 9.10. The van der Waals surface area contributed by atoms with Gasteiger partial charge in [0.25, 0.3) is 0 Å². The van der Waals surface area contributed by atoms with Crippen molar-refractivity contribution < 1.29 is 32.1 Å². The Kier molecular flexibility index (Phi) is 4.55. The van der Waals surface area contributed by atoms with Crippen LogP contribution in [0.5, 0.6) is 11.5 Å². The van der Waals surface area contributed by atoms with Gasteiger partial charge in [-0.05, 0) is 24.3 Å². The van der Waals surface area contributed by atoms with Gasteiger partial charge in [0.15, 0.2) is 15.6 Å². The Morgan fingerprint density at radius 2 is 1.96 bits per heavy atom. The van der Waals surface area contributed by atoms with Gasteiger partial charge in [0.05, 0.1) is 24.2 Å². The number of benzene rings is 2. The van der Waals surface area contributed by atoms with Crippen molar-refractivity contribution in [2.24, 2.45) is 0 Å². The molecule has 1 saturated heterocycles. The molecule has 2 aromatic carbocycles. The van der Waals surface area contributed by atoms with Gasteiger partial charge in [-0.3, -0.25) is 0 Å². The van der Waals surface area contributed by atoms with Crippen molar-refractivity contribution in [3.63, 3.8) is 0 Å². The van der Waals surface area contributed by atoms with Gasteiger partial charge in [-0.15, -0.1) is 0 Å². The Labute approximate surface area is 163 Å². The number of hydrogen-bond donors (Lipinski definition) is 1. The van der Waals surface area contributed by atoms with E-state index in [1.165, 1.54) is 24.3 Å². The van der Waals surface area contributed by atoms with Crippen LogP contribution in [0.1, 0.15) is 23.7 Å². The predicted octanol–water partition coefficient (Wildman–Crippen LogP) is 3.42. The highest BCUT2D eigenvalue weighted by Crippen LogP contribution is 2.54. The Morgan fingerprint density at radius 3 is 2.59 bits per heavy atom. The maximum absolute atomic E-state index is 13.7. The SMILES string of the molecule is CS(=O)(=O)c1ccc(Oc2cc(F)cc(Br)c2)c2c1C1(CC2O)OCCO1. The molecule has 1 heterocycles. The fourth-order valence-electron chi connectivity index (χ4n) is 3.59. The first-order valence-electron chi connectivity index (χ1n) is 8.17. The smallest absolute Gasteiger partial charge is 0.199 e. The molecule has 1 unspecified atom stereocenters. The molecule has 2 aliphatic rings. The summed E-state index contributed by atoms with van der Waals surface area (Å²) in [4.78, 5) is 0.0173. The molecule has 1 fully saturated rings. The van der Waals surface area contributed by atoms with Crippen LogP contribution in [-0.2, 0) is 25.1 Å². The van der Waals surface area contributed by atoms with Crippen LogP contribution in [0, 0.1) is 5.82 Å². The second kappa shape index (κ2) is 6.52. The molecular formula is C18H16BrFO6S. The molecule has 1 spiro atoms. The van der Waals surface area contributed by atoms with E-state index in [1.54, 1.807) is 6.07 Å². The summed E-state index contributed by atoms with van der Waals surface area (Å²) in [5.41, 5.74) is 0.531. The molecule has 1 N–H and O–H groups in total. The summed E-state index contributed by atoms with van der Waals surface area (Å²) in [6.07, 6.45) is 0.0879. The fraction of sp³-hybridized carbons (Fsp3) is 0.333. The van der Waals surface area contributed by atoms with Crippen molar-refractivity contribution in [1.82, 2.24) is 0 Å². The minimum absolute atomic E-state index is 0.0173. The number of fused-ring (bicyclic) bond motifs is 2. The highest BCUT2D eigenvalue weighted by atomic mass is 79.9. The Hall–Kier alpha value is -1.52. The van der Waals surface area contributed by atoms with E-state index in [0.29, 0.717) is 4.47 Å². The monoisotopic (exact) mass is 458 g/mol. The maximum Gasteiger partial charge on any atom is 0.199 e. The van der Waals surface area contributed by atoms with Gasteiger partial charge in [-0.1, -0.05) is 15.9 Å². The lowest BCUT2D eigenvalue weighted by Gasteiger charge is -2.25. The lowest BCUT2D eigenvalue weighted by molar-refractivity contribution is -0.175. The Bertz CT molecular complexity index is 997. The molecule has 0 bridgehead atoms. The van der Waals surface area contributed by atoms with E-state index < -0.39 is 27.5 Å². The van der Waals surface area contributed by atoms with E-state index in [-0.39, 0.29) is 47.2 Å². The van der Waals surface area contributed by atoms with E-state index in [0.717, 1.165) is 6.26 Å². The third-order valence-electron chi connectivity index (χ3n) is 4.56. The van der Waals surface area contributed by atoms with Gasteiger partial charge < -0.3 is 19.3 Å². The molecule has 4 rings (SSSR count). The summed E-state index contributed by atoms with van der Waals surface area (Å²) in [5.74, 6) is -1.39. The lowest BCUT2D eigenvalue weighted by atomic mass is 10.1. The van der Waals surface area contributed by atoms with E-state index in [4.69, 9.17) is 14.2 Å². The van der Waals surface area contributed by atoms with E-state index in [9.17, 15) is 17.9 Å². The zero-order chi connectivity index (χ0) is 19.4. The molecule has 144 valence electrons. The van der Waals surface area contributed by atoms with Crippen molar-refractivity contribution in [2.45, 2.75) is 23.2 Å². The summed E-state index contributed by atoms with van der Waals surface area (Å²) >= 11 is 3.20. The van der Waals surface area contributed by atoms with Gasteiger partial charge >= 0.3 is 0 Å². The second-order valence-corrected chi connectivity index (χ2v) is 9.40. The standard InChI is InChI=1S/C18H16BrFO6S/c1-27(22,23)15-3-2-14(26-12-7-10(19)6-11(20)8-12)16-13(21)9-18(17(15)16)24-4-5-25-18/h2-3,6-8,13,21H,4-5,9H2,1H3. The highest BCUT2D eigenvalue weighted by Gasteiger charge is 2.52. The third kappa shape index (κ3) is 3.27. The lowest BCUT2D eigenvalue weighted by Crippen LogP contribution is -2.26. The largest absolute Gasteiger partial charge is 0.457 e. The molecule has 6 nitrogen and oxygen atoms in total.